The van der Waals surface area contributed by atoms with Gasteiger partial charge in [-0.1, -0.05) is 15.9 Å². The van der Waals surface area contributed by atoms with Crippen molar-refractivity contribution in [1.29, 1.82) is 0 Å². The molecule has 7 heteroatoms. The van der Waals surface area contributed by atoms with Gasteiger partial charge in [0.2, 0.25) is 5.91 Å². The Morgan fingerprint density at radius 3 is 2.92 bits per heavy atom. The van der Waals surface area contributed by atoms with Crippen molar-refractivity contribution < 1.29 is 4.79 Å². The van der Waals surface area contributed by atoms with Crippen LogP contribution in [-0.4, -0.2) is 27.4 Å². The molecule has 0 radical (unpaired) electrons. The van der Waals surface area contributed by atoms with E-state index in [0.29, 0.717) is 29.8 Å². The van der Waals surface area contributed by atoms with Gasteiger partial charge >= 0.3 is 0 Å². The zero-order chi connectivity index (χ0) is 17.6. The van der Waals surface area contributed by atoms with Gasteiger partial charge in [-0.2, -0.15) is 0 Å². The number of nitrogens with zero attached hydrogens (tertiary/aromatic N) is 3. The number of aromatic amines is 1. The first-order valence-electron chi connectivity index (χ1n) is 7.94. The summed E-state index contributed by atoms with van der Waals surface area (Å²) in [5.41, 5.74) is 2.11. The fraction of sp³-hybridized carbons (Fsp3) is 0.222. The van der Waals surface area contributed by atoms with Crippen molar-refractivity contribution in [1.82, 2.24) is 15.0 Å². The fourth-order valence-corrected chi connectivity index (χ4v) is 3.37. The van der Waals surface area contributed by atoms with E-state index in [0.717, 1.165) is 15.7 Å². The highest BCUT2D eigenvalue weighted by Gasteiger charge is 2.33. The first-order valence-corrected chi connectivity index (χ1v) is 8.73. The van der Waals surface area contributed by atoms with E-state index in [1.54, 1.807) is 23.2 Å². The van der Waals surface area contributed by atoms with Crippen molar-refractivity contribution in [2.75, 3.05) is 11.4 Å². The second-order valence-electron chi connectivity index (χ2n) is 6.16. The molecule has 3 aromatic rings. The van der Waals surface area contributed by atoms with E-state index in [1.807, 2.05) is 25.1 Å². The summed E-state index contributed by atoms with van der Waals surface area (Å²) in [4.78, 5) is 37.9. The summed E-state index contributed by atoms with van der Waals surface area (Å²) in [5, 5.41) is 0.455. The average Bonchev–Trinajstić information content (AvgIpc) is 2.99. The minimum absolute atomic E-state index is 0.0236. The Morgan fingerprint density at radius 2 is 2.12 bits per heavy atom. The molecule has 2 aromatic heterocycles. The molecular formula is C18H15BrN4O2. The molecule has 6 nitrogen and oxygen atoms in total. The molecule has 1 aromatic carbocycles. The number of H-pyrrole nitrogens is 1. The number of carbonyl (C=O) groups excluding carboxylic acids is 1. The molecule has 1 aliphatic heterocycles. The van der Waals surface area contributed by atoms with Crippen LogP contribution in [0, 0.1) is 6.92 Å². The normalized spacial score (nSPS) is 17.4. The lowest BCUT2D eigenvalue weighted by Gasteiger charge is -2.17. The van der Waals surface area contributed by atoms with E-state index in [1.165, 1.54) is 0 Å². The topological polar surface area (TPSA) is 79.0 Å². The summed E-state index contributed by atoms with van der Waals surface area (Å²) >= 11 is 3.47. The Bertz CT molecular complexity index is 1050. The van der Waals surface area contributed by atoms with Gasteiger partial charge in [-0.25, -0.2) is 9.97 Å². The maximum Gasteiger partial charge on any atom is 0.260 e. The molecule has 1 amide bonds. The van der Waals surface area contributed by atoms with Crippen molar-refractivity contribution >= 4 is 38.6 Å². The number of rotatable bonds is 2. The van der Waals surface area contributed by atoms with E-state index in [4.69, 9.17) is 0 Å². The zero-order valence-electron chi connectivity index (χ0n) is 13.5. The van der Waals surface area contributed by atoms with Gasteiger partial charge in [-0.3, -0.25) is 9.59 Å². The summed E-state index contributed by atoms with van der Waals surface area (Å²) in [7, 11) is 0. The molecule has 1 atom stereocenters. The number of carbonyl (C=O) groups is 1. The number of benzene rings is 1. The largest absolute Gasteiger partial charge is 0.312 e. The van der Waals surface area contributed by atoms with E-state index >= 15 is 0 Å². The molecule has 1 aliphatic rings. The molecule has 1 fully saturated rings. The van der Waals surface area contributed by atoms with Crippen LogP contribution in [0.2, 0.25) is 0 Å². The van der Waals surface area contributed by atoms with Gasteiger partial charge < -0.3 is 9.88 Å². The minimum Gasteiger partial charge on any atom is -0.312 e. The molecule has 0 aliphatic carbocycles. The van der Waals surface area contributed by atoms with Gasteiger partial charge in [-0.05, 0) is 42.8 Å². The molecule has 4 rings (SSSR count). The third-order valence-electron chi connectivity index (χ3n) is 4.46. The van der Waals surface area contributed by atoms with Crippen LogP contribution in [-0.2, 0) is 4.79 Å². The number of hydrogen-bond donors (Lipinski definition) is 1. The standard InChI is InChI=1S/C18H15BrN4O2/c1-10-7-12(4-5-14(10)19)23-9-11(8-15(23)24)16-21-17-13(18(25)22-16)3-2-6-20-17/h2-7,11H,8-9H2,1H3,(H,20,21,22,25)/t11-/m1/s1. The predicted octanol–water partition coefficient (Wildman–Crippen LogP) is 2.91. The zero-order valence-corrected chi connectivity index (χ0v) is 15.1. The van der Waals surface area contributed by atoms with Crippen molar-refractivity contribution in [3.63, 3.8) is 0 Å². The summed E-state index contributed by atoms with van der Waals surface area (Å²) in [5.74, 6) is 0.381. The summed E-state index contributed by atoms with van der Waals surface area (Å²) in [6.07, 6.45) is 1.92. The molecule has 0 spiro atoms. The highest BCUT2D eigenvalue weighted by Crippen LogP contribution is 2.32. The summed E-state index contributed by atoms with van der Waals surface area (Å²) < 4.78 is 1.01. The monoisotopic (exact) mass is 398 g/mol. The summed E-state index contributed by atoms with van der Waals surface area (Å²) in [6.45, 7) is 2.47. The highest BCUT2D eigenvalue weighted by molar-refractivity contribution is 9.10. The number of fused-ring (bicyclic) bond motifs is 1. The molecule has 25 heavy (non-hydrogen) atoms. The highest BCUT2D eigenvalue weighted by atomic mass is 79.9. The average molecular weight is 399 g/mol. The Balaban J connectivity index is 1.68. The van der Waals surface area contributed by atoms with E-state index in [2.05, 4.69) is 30.9 Å². The van der Waals surface area contributed by atoms with E-state index in [9.17, 15) is 9.59 Å². The van der Waals surface area contributed by atoms with Crippen LogP contribution in [0.5, 0.6) is 0 Å². The number of nitrogens with one attached hydrogen (secondary N) is 1. The lowest BCUT2D eigenvalue weighted by atomic mass is 10.1. The maximum atomic E-state index is 12.5. The van der Waals surface area contributed by atoms with Crippen LogP contribution in [0.15, 0.2) is 45.8 Å². The van der Waals surface area contributed by atoms with Gasteiger partial charge in [0.15, 0.2) is 5.65 Å². The van der Waals surface area contributed by atoms with E-state index in [-0.39, 0.29) is 17.4 Å². The van der Waals surface area contributed by atoms with Crippen LogP contribution >= 0.6 is 15.9 Å². The molecule has 3 heterocycles. The Hall–Kier alpha value is -2.54. The molecule has 0 saturated carbocycles. The minimum atomic E-state index is -0.224. The van der Waals surface area contributed by atoms with Crippen LogP contribution in [0.3, 0.4) is 0 Å². The Labute approximate surface area is 152 Å². The second-order valence-corrected chi connectivity index (χ2v) is 7.02. The molecule has 1 saturated heterocycles. The predicted molar refractivity (Wildman–Crippen MR) is 98.7 cm³/mol. The van der Waals surface area contributed by atoms with Gasteiger partial charge in [0, 0.05) is 35.2 Å². The number of hydrogen-bond acceptors (Lipinski definition) is 4. The molecular weight excluding hydrogens is 384 g/mol. The second kappa shape index (κ2) is 6.07. The van der Waals surface area contributed by atoms with Crippen LogP contribution in [0.4, 0.5) is 5.69 Å². The number of anilines is 1. The quantitative estimate of drug-likeness (QED) is 0.719. The Kier molecular flexibility index (Phi) is 3.88. The third-order valence-corrected chi connectivity index (χ3v) is 5.35. The molecule has 1 N–H and O–H groups in total. The number of aromatic nitrogens is 3. The van der Waals surface area contributed by atoms with Gasteiger partial charge in [0.1, 0.15) is 5.82 Å². The lowest BCUT2D eigenvalue weighted by molar-refractivity contribution is -0.117. The van der Waals surface area contributed by atoms with E-state index < -0.39 is 0 Å². The lowest BCUT2D eigenvalue weighted by Crippen LogP contribution is -2.24. The smallest absolute Gasteiger partial charge is 0.260 e. The molecule has 126 valence electrons. The molecule has 0 bridgehead atoms. The fourth-order valence-electron chi connectivity index (χ4n) is 3.12. The number of aryl methyl sites for hydroxylation is 1. The number of pyridine rings is 1. The van der Waals surface area contributed by atoms with Crippen LogP contribution in [0.1, 0.15) is 23.7 Å². The molecule has 0 unspecified atom stereocenters. The van der Waals surface area contributed by atoms with Crippen molar-refractivity contribution in [2.45, 2.75) is 19.3 Å². The van der Waals surface area contributed by atoms with Crippen LogP contribution in [0.25, 0.3) is 11.0 Å². The van der Waals surface area contributed by atoms with Crippen molar-refractivity contribution in [3.05, 3.63) is 62.7 Å². The van der Waals surface area contributed by atoms with Crippen LogP contribution < -0.4 is 10.5 Å². The SMILES string of the molecule is Cc1cc(N2C[C@H](c3nc4ncccc4c(=O)[nH]3)CC2=O)ccc1Br. The van der Waals surface area contributed by atoms with Crippen molar-refractivity contribution in [3.8, 4) is 0 Å². The van der Waals surface area contributed by atoms with Gasteiger partial charge in [-0.15, -0.1) is 0 Å². The van der Waals surface area contributed by atoms with Crippen molar-refractivity contribution in [2.24, 2.45) is 0 Å². The Morgan fingerprint density at radius 1 is 1.28 bits per heavy atom. The number of amides is 1. The first-order chi connectivity index (χ1) is 12.0. The third kappa shape index (κ3) is 2.84. The maximum absolute atomic E-state index is 12.5. The van der Waals surface area contributed by atoms with Gasteiger partial charge in [0.05, 0.1) is 5.39 Å². The first kappa shape index (κ1) is 16.0. The summed E-state index contributed by atoms with van der Waals surface area (Å²) in [6, 6.07) is 9.22. The number of halogens is 1. The van der Waals surface area contributed by atoms with Gasteiger partial charge in [0.25, 0.3) is 5.56 Å².